The lowest BCUT2D eigenvalue weighted by Crippen LogP contribution is -2.26. The van der Waals surface area contributed by atoms with Crippen LogP contribution < -0.4 is 10.1 Å². The lowest BCUT2D eigenvalue weighted by molar-refractivity contribution is -0.125. The summed E-state index contributed by atoms with van der Waals surface area (Å²) in [5, 5.41) is 9.19. The van der Waals surface area contributed by atoms with Gasteiger partial charge in [0.15, 0.2) is 5.69 Å². The standard InChI is InChI=1S/C24H22N4O4S/c1-15-9-10-20(31-3)18(11-15)26-22(29)21(16-7-5-4-6-8-16)32-24(30)19-14-33-23(27-19)17-12-25-28(2)13-17/h4-14,21H,1-3H3,(H,26,29). The van der Waals surface area contributed by atoms with Crippen LogP contribution in [0.25, 0.3) is 10.6 Å². The summed E-state index contributed by atoms with van der Waals surface area (Å²) in [6.07, 6.45) is 2.31. The number of nitrogens with zero attached hydrogens (tertiary/aromatic N) is 3. The molecule has 2 heterocycles. The number of hydrogen-bond donors (Lipinski definition) is 1. The molecular formula is C24H22N4O4S. The Balaban J connectivity index is 1.58. The van der Waals surface area contributed by atoms with Crippen molar-refractivity contribution in [2.24, 2.45) is 7.05 Å². The van der Waals surface area contributed by atoms with Crippen molar-refractivity contribution in [3.8, 4) is 16.3 Å². The first-order valence-corrected chi connectivity index (χ1v) is 11.0. The molecule has 0 aliphatic heterocycles. The van der Waals surface area contributed by atoms with Gasteiger partial charge in [-0.05, 0) is 24.6 Å². The molecule has 8 nitrogen and oxygen atoms in total. The summed E-state index contributed by atoms with van der Waals surface area (Å²) in [6.45, 7) is 1.91. The lowest BCUT2D eigenvalue weighted by Gasteiger charge is -2.19. The Morgan fingerprint density at radius 2 is 1.94 bits per heavy atom. The summed E-state index contributed by atoms with van der Waals surface area (Å²) in [6, 6.07) is 14.3. The zero-order valence-corrected chi connectivity index (χ0v) is 19.1. The van der Waals surface area contributed by atoms with Crippen molar-refractivity contribution in [1.29, 1.82) is 0 Å². The fourth-order valence-electron chi connectivity index (χ4n) is 3.22. The predicted molar refractivity (Wildman–Crippen MR) is 125 cm³/mol. The maximum Gasteiger partial charge on any atom is 0.358 e. The Labute approximate surface area is 194 Å². The summed E-state index contributed by atoms with van der Waals surface area (Å²) in [4.78, 5) is 30.5. The first-order valence-electron chi connectivity index (χ1n) is 10.1. The Morgan fingerprint density at radius 3 is 2.64 bits per heavy atom. The molecule has 0 radical (unpaired) electrons. The zero-order valence-electron chi connectivity index (χ0n) is 18.3. The smallest absolute Gasteiger partial charge is 0.358 e. The largest absolute Gasteiger partial charge is 0.495 e. The van der Waals surface area contributed by atoms with Gasteiger partial charge < -0.3 is 14.8 Å². The van der Waals surface area contributed by atoms with Gasteiger partial charge in [0.25, 0.3) is 5.91 Å². The first-order chi connectivity index (χ1) is 15.9. The van der Waals surface area contributed by atoms with Crippen molar-refractivity contribution < 1.29 is 19.1 Å². The lowest BCUT2D eigenvalue weighted by atomic mass is 10.1. The second kappa shape index (κ2) is 9.66. The number of hydrogen-bond acceptors (Lipinski definition) is 7. The number of benzene rings is 2. The van der Waals surface area contributed by atoms with Gasteiger partial charge in [0.05, 0.1) is 19.0 Å². The molecule has 1 N–H and O–H groups in total. The van der Waals surface area contributed by atoms with Crippen LogP contribution in [-0.4, -0.2) is 33.8 Å². The van der Waals surface area contributed by atoms with Gasteiger partial charge in [-0.15, -0.1) is 11.3 Å². The third-order valence-corrected chi connectivity index (χ3v) is 5.73. The van der Waals surface area contributed by atoms with E-state index in [1.165, 1.54) is 18.4 Å². The number of nitrogens with one attached hydrogen (secondary N) is 1. The van der Waals surface area contributed by atoms with Gasteiger partial charge in [-0.1, -0.05) is 36.4 Å². The normalized spacial score (nSPS) is 11.6. The van der Waals surface area contributed by atoms with Crippen molar-refractivity contribution in [2.45, 2.75) is 13.0 Å². The second-order valence-corrected chi connectivity index (χ2v) is 8.19. The fourth-order valence-corrected chi connectivity index (χ4v) is 3.98. The molecule has 1 unspecified atom stereocenters. The number of ether oxygens (including phenoxy) is 2. The van der Waals surface area contributed by atoms with Crippen LogP contribution in [0.15, 0.2) is 66.3 Å². The minimum Gasteiger partial charge on any atom is -0.495 e. The Kier molecular flexibility index (Phi) is 6.50. The van der Waals surface area contributed by atoms with Crippen LogP contribution in [0, 0.1) is 6.92 Å². The average molecular weight is 463 g/mol. The minimum atomic E-state index is -1.17. The minimum absolute atomic E-state index is 0.126. The SMILES string of the molecule is COc1ccc(C)cc1NC(=O)C(OC(=O)c1csc(-c2cnn(C)c2)n1)c1ccccc1. The maximum absolute atomic E-state index is 13.2. The number of aromatic nitrogens is 3. The highest BCUT2D eigenvalue weighted by molar-refractivity contribution is 7.13. The fraction of sp³-hybridized carbons (Fsp3) is 0.167. The average Bonchev–Trinajstić information content (AvgIpc) is 3.47. The van der Waals surface area contributed by atoms with Crippen LogP contribution in [0.1, 0.15) is 27.7 Å². The second-order valence-electron chi connectivity index (χ2n) is 7.33. The van der Waals surface area contributed by atoms with Gasteiger partial charge in [0.2, 0.25) is 6.10 Å². The summed E-state index contributed by atoms with van der Waals surface area (Å²) in [7, 11) is 3.33. The van der Waals surface area contributed by atoms with Crippen molar-refractivity contribution in [3.05, 3.63) is 83.1 Å². The van der Waals surface area contributed by atoms with E-state index in [1.54, 1.807) is 59.7 Å². The number of esters is 1. The van der Waals surface area contributed by atoms with Gasteiger partial charge >= 0.3 is 5.97 Å². The summed E-state index contributed by atoms with van der Waals surface area (Å²) in [5.41, 5.74) is 2.90. The maximum atomic E-state index is 13.2. The highest BCUT2D eigenvalue weighted by atomic mass is 32.1. The van der Waals surface area contributed by atoms with E-state index in [9.17, 15) is 9.59 Å². The summed E-state index contributed by atoms with van der Waals surface area (Å²) in [5.74, 6) is -0.685. The van der Waals surface area contributed by atoms with Gasteiger partial charge in [-0.2, -0.15) is 5.10 Å². The number of rotatable bonds is 7. The molecule has 0 saturated heterocycles. The number of aryl methyl sites for hydroxylation is 2. The van der Waals surface area contributed by atoms with E-state index in [1.807, 2.05) is 25.3 Å². The van der Waals surface area contributed by atoms with Crippen LogP contribution in [0.2, 0.25) is 0 Å². The third kappa shape index (κ3) is 5.09. The van der Waals surface area contributed by atoms with Gasteiger partial charge in [-0.25, -0.2) is 9.78 Å². The number of thiazole rings is 1. The molecule has 1 amide bonds. The predicted octanol–water partition coefficient (Wildman–Crippen LogP) is 4.40. The van der Waals surface area contributed by atoms with Crippen LogP contribution >= 0.6 is 11.3 Å². The van der Waals surface area contributed by atoms with E-state index in [4.69, 9.17) is 9.47 Å². The molecule has 33 heavy (non-hydrogen) atoms. The Hall–Kier alpha value is -3.98. The molecule has 0 aliphatic carbocycles. The van der Waals surface area contributed by atoms with Crippen molar-refractivity contribution in [3.63, 3.8) is 0 Å². The molecule has 9 heteroatoms. The Morgan fingerprint density at radius 1 is 1.15 bits per heavy atom. The quantitative estimate of drug-likeness (QED) is 0.409. The molecule has 0 fully saturated rings. The van der Waals surface area contributed by atoms with E-state index in [0.717, 1.165) is 11.1 Å². The van der Waals surface area contributed by atoms with Crippen LogP contribution in [0.3, 0.4) is 0 Å². The number of methoxy groups -OCH3 is 1. The van der Waals surface area contributed by atoms with E-state index in [2.05, 4.69) is 15.4 Å². The van der Waals surface area contributed by atoms with Gasteiger partial charge in [-0.3, -0.25) is 9.48 Å². The molecule has 1 atom stereocenters. The van der Waals surface area contributed by atoms with E-state index in [-0.39, 0.29) is 5.69 Å². The van der Waals surface area contributed by atoms with Crippen molar-refractivity contribution in [2.75, 3.05) is 12.4 Å². The molecule has 0 spiro atoms. The van der Waals surface area contributed by atoms with Gasteiger partial charge in [0, 0.05) is 29.8 Å². The molecule has 168 valence electrons. The number of carbonyl (C=O) groups excluding carboxylic acids is 2. The summed E-state index contributed by atoms with van der Waals surface area (Å²) >= 11 is 1.30. The monoisotopic (exact) mass is 462 g/mol. The number of amides is 1. The molecule has 2 aromatic carbocycles. The highest BCUT2D eigenvalue weighted by Gasteiger charge is 2.27. The first kappa shape index (κ1) is 22.2. The topological polar surface area (TPSA) is 95.3 Å². The van der Waals surface area contributed by atoms with E-state index < -0.39 is 18.0 Å². The molecule has 0 aliphatic rings. The molecule has 0 saturated carbocycles. The van der Waals surface area contributed by atoms with Crippen LogP contribution in [-0.2, 0) is 16.6 Å². The molecule has 4 aromatic rings. The molecule has 2 aromatic heterocycles. The number of anilines is 1. The summed E-state index contributed by atoms with van der Waals surface area (Å²) < 4.78 is 12.6. The van der Waals surface area contributed by atoms with E-state index in [0.29, 0.717) is 22.0 Å². The third-order valence-electron chi connectivity index (χ3n) is 4.84. The number of carbonyl (C=O) groups is 2. The van der Waals surface area contributed by atoms with Crippen molar-refractivity contribution in [1.82, 2.24) is 14.8 Å². The van der Waals surface area contributed by atoms with Gasteiger partial charge in [0.1, 0.15) is 10.8 Å². The molecular weight excluding hydrogens is 440 g/mol. The highest BCUT2D eigenvalue weighted by Crippen LogP contribution is 2.29. The van der Waals surface area contributed by atoms with Crippen molar-refractivity contribution >= 4 is 28.9 Å². The zero-order chi connectivity index (χ0) is 23.4. The molecule has 0 bridgehead atoms. The van der Waals surface area contributed by atoms with E-state index >= 15 is 0 Å². The molecule has 4 rings (SSSR count). The van der Waals surface area contributed by atoms with Crippen LogP contribution in [0.5, 0.6) is 5.75 Å². The van der Waals surface area contributed by atoms with Crippen LogP contribution in [0.4, 0.5) is 5.69 Å². The Bertz CT molecular complexity index is 1280.